The first-order valence-electron chi connectivity index (χ1n) is 17.6. The summed E-state index contributed by atoms with van der Waals surface area (Å²) in [6.45, 7) is 27.7. The van der Waals surface area contributed by atoms with Gasteiger partial charge in [-0.25, -0.2) is 0 Å². The Morgan fingerprint density at radius 2 is 1.22 bits per heavy atom. The van der Waals surface area contributed by atoms with Gasteiger partial charge in [0.2, 0.25) is 0 Å². The first-order valence-corrected chi connectivity index (χ1v) is 17.6. The summed E-state index contributed by atoms with van der Waals surface area (Å²) in [5.74, 6) is -2.29. The van der Waals surface area contributed by atoms with Crippen LogP contribution in [0.2, 0.25) is 0 Å². The summed E-state index contributed by atoms with van der Waals surface area (Å²) >= 11 is 0. The average molecular weight is 643 g/mol. The lowest BCUT2D eigenvalue weighted by Crippen LogP contribution is -2.61. The Balaban J connectivity index is 2.10. The fourth-order valence-corrected chi connectivity index (χ4v) is 8.17. The average Bonchev–Trinajstić information content (AvgIpc) is 2.88. The number of nitrogens with zero attached hydrogens (tertiary/aromatic N) is 2. The molecule has 46 heavy (non-hydrogen) atoms. The predicted octanol–water partition coefficient (Wildman–Crippen LogP) is 8.28. The largest absolute Gasteiger partial charge is 0.507 e. The van der Waals surface area contributed by atoms with Gasteiger partial charge in [-0.2, -0.15) is 0 Å². The van der Waals surface area contributed by atoms with E-state index in [4.69, 9.17) is 9.47 Å². The molecule has 0 radical (unpaired) electrons. The number of aryl methyl sites for hydroxylation is 1. The van der Waals surface area contributed by atoms with Gasteiger partial charge in [0.15, 0.2) is 5.92 Å². The molecule has 262 valence electrons. The molecule has 0 bridgehead atoms. The lowest BCUT2D eigenvalue weighted by atomic mass is 9.76. The molecule has 2 aliphatic heterocycles. The zero-order valence-electron chi connectivity index (χ0n) is 31.9. The Bertz CT molecular complexity index is 1170. The van der Waals surface area contributed by atoms with Gasteiger partial charge in [0.1, 0.15) is 18.0 Å². The van der Waals surface area contributed by atoms with E-state index in [9.17, 15) is 14.7 Å². The fraction of sp³-hybridized carbons (Fsp3) is 0.795. The third-order valence-corrected chi connectivity index (χ3v) is 11.4. The first kappa shape index (κ1) is 38.3. The highest BCUT2D eigenvalue weighted by atomic mass is 16.6. The number of rotatable bonds is 9. The van der Waals surface area contributed by atoms with Gasteiger partial charge in [0.25, 0.3) is 0 Å². The van der Waals surface area contributed by atoms with E-state index in [0.717, 1.165) is 29.5 Å². The number of benzene rings is 1. The zero-order chi connectivity index (χ0) is 35.2. The van der Waals surface area contributed by atoms with Crippen LogP contribution in [0.5, 0.6) is 5.75 Å². The molecule has 2 aliphatic rings. The van der Waals surface area contributed by atoms with Gasteiger partial charge < -0.3 is 14.6 Å². The summed E-state index contributed by atoms with van der Waals surface area (Å²) in [6.07, 6.45) is 4.50. The second-order valence-electron chi connectivity index (χ2n) is 18.0. The topological polar surface area (TPSA) is 79.3 Å². The number of phenolic OH excluding ortho intramolecular Hbond substituents is 1. The lowest BCUT2D eigenvalue weighted by Gasteiger charge is -2.53. The molecular weight excluding hydrogens is 576 g/mol. The molecular formula is C39H66N2O5. The van der Waals surface area contributed by atoms with E-state index < -0.39 is 23.8 Å². The van der Waals surface area contributed by atoms with E-state index >= 15 is 0 Å². The van der Waals surface area contributed by atoms with Crippen molar-refractivity contribution in [1.82, 2.24) is 9.80 Å². The predicted molar refractivity (Wildman–Crippen MR) is 187 cm³/mol. The van der Waals surface area contributed by atoms with E-state index in [0.29, 0.717) is 32.1 Å². The smallest absolute Gasteiger partial charge is 0.321 e. The molecule has 7 nitrogen and oxygen atoms in total. The van der Waals surface area contributed by atoms with Crippen molar-refractivity contribution in [1.29, 1.82) is 0 Å². The number of hydrogen-bond acceptors (Lipinski definition) is 7. The van der Waals surface area contributed by atoms with Gasteiger partial charge in [-0.1, -0.05) is 52.7 Å². The Hall–Kier alpha value is -2.12. The van der Waals surface area contributed by atoms with Crippen LogP contribution in [0.1, 0.15) is 151 Å². The highest BCUT2D eigenvalue weighted by Gasteiger charge is 2.49. The summed E-state index contributed by atoms with van der Waals surface area (Å²) in [6, 6.07) is 3.95. The number of piperidine rings is 2. The van der Waals surface area contributed by atoms with Crippen molar-refractivity contribution in [2.45, 2.75) is 181 Å². The second-order valence-corrected chi connectivity index (χ2v) is 18.0. The summed E-state index contributed by atoms with van der Waals surface area (Å²) in [5, 5.41) is 11.1. The van der Waals surface area contributed by atoms with Crippen molar-refractivity contribution in [3.8, 4) is 5.75 Å². The molecule has 1 N–H and O–H groups in total. The van der Waals surface area contributed by atoms with Crippen LogP contribution < -0.4 is 0 Å². The maximum atomic E-state index is 14.5. The first-order chi connectivity index (χ1) is 20.8. The molecule has 1 aromatic rings. The monoisotopic (exact) mass is 642 g/mol. The van der Waals surface area contributed by atoms with Gasteiger partial charge in [-0.15, -0.1) is 0 Å². The van der Waals surface area contributed by atoms with Gasteiger partial charge >= 0.3 is 11.9 Å². The Labute approximate surface area is 280 Å². The molecule has 1 unspecified atom stereocenters. The third-order valence-electron chi connectivity index (χ3n) is 11.4. The number of carbonyl (C=O) groups is 2. The Kier molecular flexibility index (Phi) is 11.2. The lowest BCUT2D eigenvalue weighted by molar-refractivity contribution is -0.178. The molecule has 0 aromatic heterocycles. The normalized spacial score (nSPS) is 22.9. The summed E-state index contributed by atoms with van der Waals surface area (Å²) in [5.41, 5.74) is 1.39. The van der Waals surface area contributed by atoms with Crippen molar-refractivity contribution >= 4 is 11.9 Å². The number of carbonyl (C=O) groups excluding carboxylic acids is 2. The van der Waals surface area contributed by atoms with Crippen LogP contribution in [0.4, 0.5) is 0 Å². The molecule has 2 fully saturated rings. The maximum absolute atomic E-state index is 14.5. The highest BCUT2D eigenvalue weighted by molar-refractivity contribution is 5.96. The van der Waals surface area contributed by atoms with Gasteiger partial charge in [-0.05, 0) is 105 Å². The van der Waals surface area contributed by atoms with Crippen LogP contribution in [0, 0.1) is 12.8 Å². The SMILES string of the molecule is CCCCC(c1cc(C)c(O)c(C(C)(C)C)c1)C(C(=O)OC1CC(C)(C)N(C)C(C)(C)C1)C(=O)OC1CC(C)(C)N(C)C(C)(C)C1. The Morgan fingerprint density at radius 1 is 0.826 bits per heavy atom. The fourth-order valence-electron chi connectivity index (χ4n) is 8.17. The molecule has 1 atom stereocenters. The molecule has 7 heteroatoms. The minimum Gasteiger partial charge on any atom is -0.507 e. The number of hydrogen-bond donors (Lipinski definition) is 1. The Morgan fingerprint density at radius 3 is 1.57 bits per heavy atom. The van der Waals surface area contributed by atoms with Crippen LogP contribution in [0.3, 0.4) is 0 Å². The van der Waals surface area contributed by atoms with Crippen LogP contribution in [0.15, 0.2) is 12.1 Å². The number of ether oxygens (including phenoxy) is 2. The number of esters is 2. The van der Waals surface area contributed by atoms with Crippen molar-refractivity contribution in [3.63, 3.8) is 0 Å². The highest BCUT2D eigenvalue weighted by Crippen LogP contribution is 2.43. The molecule has 0 amide bonds. The number of aromatic hydroxyl groups is 1. The number of likely N-dealkylation sites (tertiary alicyclic amines) is 2. The van der Waals surface area contributed by atoms with E-state index in [1.807, 2.05) is 19.1 Å². The zero-order valence-corrected chi connectivity index (χ0v) is 31.9. The third kappa shape index (κ3) is 8.29. The molecule has 0 aliphatic carbocycles. The molecule has 1 aromatic carbocycles. The van der Waals surface area contributed by atoms with Crippen LogP contribution in [0.25, 0.3) is 0 Å². The van der Waals surface area contributed by atoms with E-state index in [1.54, 1.807) is 0 Å². The van der Waals surface area contributed by atoms with Crippen molar-refractivity contribution < 1.29 is 24.2 Å². The minimum absolute atomic E-state index is 0.175. The summed E-state index contributed by atoms with van der Waals surface area (Å²) in [7, 11) is 4.26. The molecule has 0 saturated carbocycles. The summed E-state index contributed by atoms with van der Waals surface area (Å²) < 4.78 is 12.8. The molecule has 3 rings (SSSR count). The standard InChI is InChI=1S/C39H66N2O5/c1-16-17-18-29(26-19-25(2)32(42)30(20-26)35(3,4)5)31(33(43)45-27-21-36(6,7)40(14)37(8,9)22-27)34(44)46-28-23-38(10,11)41(15)39(12,13)24-28/h19-20,27-29,31,42H,16-18,21-24H2,1-15H3. The van der Waals surface area contributed by atoms with E-state index in [-0.39, 0.29) is 45.5 Å². The molecule has 2 saturated heterocycles. The van der Waals surface area contributed by atoms with E-state index in [2.05, 4.69) is 107 Å². The van der Waals surface area contributed by atoms with Crippen molar-refractivity contribution in [2.75, 3.05) is 14.1 Å². The molecule has 2 heterocycles. The minimum atomic E-state index is -1.11. The quantitative estimate of drug-likeness (QED) is 0.215. The number of phenols is 1. The molecule has 0 spiro atoms. The second kappa shape index (κ2) is 13.4. The van der Waals surface area contributed by atoms with Crippen LogP contribution in [-0.2, 0) is 24.5 Å². The van der Waals surface area contributed by atoms with Gasteiger partial charge in [0, 0.05) is 53.8 Å². The maximum Gasteiger partial charge on any atom is 0.321 e. The van der Waals surface area contributed by atoms with Crippen LogP contribution >= 0.6 is 0 Å². The summed E-state index contributed by atoms with van der Waals surface area (Å²) in [4.78, 5) is 33.8. The van der Waals surface area contributed by atoms with Crippen LogP contribution in [-0.4, -0.2) is 75.3 Å². The number of unbranched alkanes of at least 4 members (excludes halogenated alkanes) is 1. The van der Waals surface area contributed by atoms with E-state index in [1.165, 1.54) is 0 Å². The van der Waals surface area contributed by atoms with Gasteiger partial charge in [0.05, 0.1) is 0 Å². The van der Waals surface area contributed by atoms with Gasteiger partial charge in [-0.3, -0.25) is 19.4 Å². The van der Waals surface area contributed by atoms with Crippen molar-refractivity contribution in [3.05, 3.63) is 28.8 Å². The van der Waals surface area contributed by atoms with Crippen molar-refractivity contribution in [2.24, 2.45) is 5.92 Å².